The van der Waals surface area contributed by atoms with Gasteiger partial charge in [0, 0.05) is 17.7 Å². The van der Waals surface area contributed by atoms with Crippen LogP contribution in [0, 0.1) is 12.7 Å². The third-order valence-corrected chi connectivity index (χ3v) is 3.28. The zero-order chi connectivity index (χ0) is 14.8. The van der Waals surface area contributed by atoms with Crippen molar-refractivity contribution in [3.63, 3.8) is 0 Å². The van der Waals surface area contributed by atoms with Crippen molar-refractivity contribution >= 4 is 0 Å². The number of aryl methyl sites for hydroxylation is 1. The van der Waals surface area contributed by atoms with E-state index in [0.717, 1.165) is 16.7 Å². The maximum atomic E-state index is 13.4. The van der Waals surface area contributed by atoms with Crippen LogP contribution in [0.25, 0.3) is 22.8 Å². The standard InChI is InChI=1S/C16H14FN3O/c1-10-5-6-13(17)8-14(10)15-19-16(21-20-15)12-4-2-3-11(7-12)9-18/h2-8H,9,18H2,1H3. The highest BCUT2D eigenvalue weighted by atomic mass is 19.1. The molecule has 0 aliphatic heterocycles. The van der Waals surface area contributed by atoms with Gasteiger partial charge in [-0.15, -0.1) is 0 Å². The number of rotatable bonds is 3. The molecule has 2 N–H and O–H groups in total. The summed E-state index contributed by atoms with van der Waals surface area (Å²) in [4.78, 5) is 4.34. The number of nitrogens with two attached hydrogens (primary N) is 1. The van der Waals surface area contributed by atoms with Crippen LogP contribution in [0.5, 0.6) is 0 Å². The molecule has 0 saturated carbocycles. The van der Waals surface area contributed by atoms with E-state index in [1.807, 2.05) is 31.2 Å². The van der Waals surface area contributed by atoms with Crippen LogP contribution in [0.4, 0.5) is 4.39 Å². The van der Waals surface area contributed by atoms with Gasteiger partial charge < -0.3 is 10.3 Å². The van der Waals surface area contributed by atoms with E-state index in [9.17, 15) is 4.39 Å². The van der Waals surface area contributed by atoms with Gasteiger partial charge in [-0.05, 0) is 42.3 Å². The zero-order valence-corrected chi connectivity index (χ0v) is 11.5. The SMILES string of the molecule is Cc1ccc(F)cc1-c1noc(-c2cccc(CN)c2)n1. The van der Waals surface area contributed by atoms with E-state index in [1.165, 1.54) is 12.1 Å². The molecule has 3 rings (SSSR count). The third-order valence-electron chi connectivity index (χ3n) is 3.28. The first-order valence-electron chi connectivity index (χ1n) is 6.57. The van der Waals surface area contributed by atoms with Crippen molar-refractivity contribution in [1.82, 2.24) is 10.1 Å². The van der Waals surface area contributed by atoms with Gasteiger partial charge in [0.15, 0.2) is 0 Å². The molecule has 106 valence electrons. The van der Waals surface area contributed by atoms with Gasteiger partial charge in [0.05, 0.1) is 0 Å². The fourth-order valence-corrected chi connectivity index (χ4v) is 2.12. The second kappa shape index (κ2) is 5.46. The lowest BCUT2D eigenvalue weighted by Gasteiger charge is -2.00. The molecule has 0 aliphatic carbocycles. The summed E-state index contributed by atoms with van der Waals surface area (Å²) in [5.41, 5.74) is 8.91. The van der Waals surface area contributed by atoms with Gasteiger partial charge in [0.25, 0.3) is 5.89 Å². The normalized spacial score (nSPS) is 10.8. The summed E-state index contributed by atoms with van der Waals surface area (Å²) in [6, 6.07) is 12.1. The summed E-state index contributed by atoms with van der Waals surface area (Å²) in [6.07, 6.45) is 0. The van der Waals surface area contributed by atoms with Crippen LogP contribution in [-0.2, 0) is 6.54 Å². The number of hydrogen-bond donors (Lipinski definition) is 1. The Kier molecular flexibility index (Phi) is 3.50. The minimum Gasteiger partial charge on any atom is -0.334 e. The Labute approximate surface area is 121 Å². The molecule has 1 heterocycles. The van der Waals surface area contributed by atoms with Gasteiger partial charge in [-0.1, -0.05) is 23.4 Å². The Hall–Kier alpha value is -2.53. The molecular formula is C16H14FN3O. The molecule has 0 aliphatic rings. The molecule has 0 spiro atoms. The first kappa shape index (κ1) is 13.5. The van der Waals surface area contributed by atoms with Crippen molar-refractivity contribution in [3.8, 4) is 22.8 Å². The van der Waals surface area contributed by atoms with Crippen LogP contribution in [0.3, 0.4) is 0 Å². The summed E-state index contributed by atoms with van der Waals surface area (Å²) in [5.74, 6) is 0.441. The topological polar surface area (TPSA) is 64.9 Å². The van der Waals surface area contributed by atoms with Crippen molar-refractivity contribution in [1.29, 1.82) is 0 Å². The van der Waals surface area contributed by atoms with E-state index in [1.54, 1.807) is 6.07 Å². The molecule has 0 fully saturated rings. The molecule has 1 aromatic heterocycles. The van der Waals surface area contributed by atoms with Gasteiger partial charge in [0.1, 0.15) is 5.82 Å². The Morgan fingerprint density at radius 2 is 2.05 bits per heavy atom. The van der Waals surface area contributed by atoms with Crippen molar-refractivity contribution in [2.45, 2.75) is 13.5 Å². The average Bonchev–Trinajstić information content (AvgIpc) is 2.99. The summed E-state index contributed by atoms with van der Waals surface area (Å²) in [5, 5.41) is 3.94. The molecule has 0 atom stereocenters. The van der Waals surface area contributed by atoms with Crippen molar-refractivity contribution in [2.24, 2.45) is 5.73 Å². The maximum absolute atomic E-state index is 13.4. The van der Waals surface area contributed by atoms with Gasteiger partial charge >= 0.3 is 0 Å². The van der Waals surface area contributed by atoms with Crippen LogP contribution < -0.4 is 5.73 Å². The van der Waals surface area contributed by atoms with E-state index >= 15 is 0 Å². The van der Waals surface area contributed by atoms with E-state index in [-0.39, 0.29) is 5.82 Å². The predicted octanol–water partition coefficient (Wildman–Crippen LogP) is 3.31. The minimum absolute atomic E-state index is 0.327. The van der Waals surface area contributed by atoms with E-state index in [4.69, 9.17) is 10.3 Å². The monoisotopic (exact) mass is 283 g/mol. The highest BCUT2D eigenvalue weighted by molar-refractivity contribution is 5.63. The summed E-state index contributed by atoms with van der Waals surface area (Å²) in [6.45, 7) is 2.32. The van der Waals surface area contributed by atoms with Gasteiger partial charge in [-0.3, -0.25) is 0 Å². The van der Waals surface area contributed by atoms with Crippen molar-refractivity contribution < 1.29 is 8.91 Å². The Balaban J connectivity index is 2.01. The smallest absolute Gasteiger partial charge is 0.258 e. The Bertz CT molecular complexity index is 783. The van der Waals surface area contributed by atoms with E-state index in [0.29, 0.717) is 23.8 Å². The highest BCUT2D eigenvalue weighted by Gasteiger charge is 2.13. The third kappa shape index (κ3) is 2.68. The number of aromatic nitrogens is 2. The average molecular weight is 283 g/mol. The van der Waals surface area contributed by atoms with Crippen molar-refractivity contribution in [2.75, 3.05) is 0 Å². The molecule has 4 nitrogen and oxygen atoms in total. The van der Waals surface area contributed by atoms with Crippen LogP contribution in [-0.4, -0.2) is 10.1 Å². The lowest BCUT2D eigenvalue weighted by molar-refractivity contribution is 0.432. The number of halogens is 1. The quantitative estimate of drug-likeness (QED) is 0.801. The molecule has 0 amide bonds. The molecule has 0 saturated heterocycles. The molecular weight excluding hydrogens is 269 g/mol. The van der Waals surface area contributed by atoms with E-state index < -0.39 is 0 Å². The van der Waals surface area contributed by atoms with Gasteiger partial charge in [-0.25, -0.2) is 4.39 Å². The zero-order valence-electron chi connectivity index (χ0n) is 11.5. The number of hydrogen-bond acceptors (Lipinski definition) is 4. The molecule has 0 radical (unpaired) electrons. The van der Waals surface area contributed by atoms with Crippen LogP contribution >= 0.6 is 0 Å². The van der Waals surface area contributed by atoms with Crippen LogP contribution in [0.2, 0.25) is 0 Å². The lowest BCUT2D eigenvalue weighted by atomic mass is 10.1. The largest absolute Gasteiger partial charge is 0.334 e. The highest BCUT2D eigenvalue weighted by Crippen LogP contribution is 2.25. The fourth-order valence-electron chi connectivity index (χ4n) is 2.12. The summed E-state index contributed by atoms with van der Waals surface area (Å²) < 4.78 is 18.6. The van der Waals surface area contributed by atoms with Crippen LogP contribution in [0.1, 0.15) is 11.1 Å². The summed E-state index contributed by atoms with van der Waals surface area (Å²) >= 11 is 0. The second-order valence-corrected chi connectivity index (χ2v) is 4.79. The molecule has 2 aromatic carbocycles. The molecule has 0 bridgehead atoms. The lowest BCUT2D eigenvalue weighted by Crippen LogP contribution is -1.95. The van der Waals surface area contributed by atoms with Gasteiger partial charge in [-0.2, -0.15) is 4.98 Å². The van der Waals surface area contributed by atoms with Gasteiger partial charge in [0.2, 0.25) is 5.82 Å². The first-order chi connectivity index (χ1) is 10.2. The fraction of sp³-hybridized carbons (Fsp3) is 0.125. The first-order valence-corrected chi connectivity index (χ1v) is 6.57. The number of nitrogens with zero attached hydrogens (tertiary/aromatic N) is 2. The van der Waals surface area contributed by atoms with Crippen LogP contribution in [0.15, 0.2) is 47.0 Å². The van der Waals surface area contributed by atoms with E-state index in [2.05, 4.69) is 10.1 Å². The Morgan fingerprint density at radius 1 is 1.19 bits per heavy atom. The summed E-state index contributed by atoms with van der Waals surface area (Å²) in [7, 11) is 0. The molecule has 0 unspecified atom stereocenters. The Morgan fingerprint density at radius 3 is 2.86 bits per heavy atom. The predicted molar refractivity (Wildman–Crippen MR) is 77.8 cm³/mol. The maximum Gasteiger partial charge on any atom is 0.258 e. The molecule has 21 heavy (non-hydrogen) atoms. The molecule has 3 aromatic rings. The second-order valence-electron chi connectivity index (χ2n) is 4.79. The minimum atomic E-state index is -0.327. The number of benzene rings is 2. The molecule has 5 heteroatoms. The van der Waals surface area contributed by atoms with Crippen molar-refractivity contribution in [3.05, 3.63) is 59.4 Å².